The maximum Gasteiger partial charge on any atom is 0.203 e. The second kappa shape index (κ2) is 4.63. The lowest BCUT2D eigenvalue weighted by molar-refractivity contribution is 0.719. The minimum Gasteiger partial charge on any atom is -0.374 e. The standard InChI is InChI=1S/C8H11N5S2/c1-13-6(2-4-10-13)3-5-14-8-12-11-7(9)15-8/h2,4H,3,5H2,1H3,(H2,9,11). The summed E-state index contributed by atoms with van der Waals surface area (Å²) in [6, 6.07) is 2.02. The van der Waals surface area contributed by atoms with Crippen LogP contribution in [0.2, 0.25) is 0 Å². The molecule has 0 fully saturated rings. The number of aromatic nitrogens is 4. The summed E-state index contributed by atoms with van der Waals surface area (Å²) in [6.07, 6.45) is 2.78. The number of thioether (sulfide) groups is 1. The highest BCUT2D eigenvalue weighted by molar-refractivity contribution is 8.01. The molecule has 2 aromatic heterocycles. The third kappa shape index (κ3) is 2.69. The second-order valence-corrected chi connectivity index (χ2v) is 5.30. The van der Waals surface area contributed by atoms with E-state index in [1.807, 2.05) is 24.0 Å². The molecule has 0 bridgehead atoms. The number of anilines is 1. The van der Waals surface area contributed by atoms with Crippen LogP contribution in [0, 0.1) is 0 Å². The summed E-state index contributed by atoms with van der Waals surface area (Å²) in [7, 11) is 1.95. The Hall–Kier alpha value is -1.08. The van der Waals surface area contributed by atoms with Crippen LogP contribution in [-0.2, 0) is 13.5 Å². The van der Waals surface area contributed by atoms with Gasteiger partial charge in [0.05, 0.1) is 0 Å². The Kier molecular flexibility index (Phi) is 3.22. The van der Waals surface area contributed by atoms with Gasteiger partial charge in [-0.05, 0) is 12.5 Å². The van der Waals surface area contributed by atoms with Gasteiger partial charge in [-0.15, -0.1) is 10.2 Å². The van der Waals surface area contributed by atoms with Gasteiger partial charge in [0.25, 0.3) is 0 Å². The third-order valence-electron chi connectivity index (χ3n) is 1.93. The number of nitrogens with two attached hydrogens (primary N) is 1. The summed E-state index contributed by atoms with van der Waals surface area (Å²) in [5.41, 5.74) is 6.71. The zero-order chi connectivity index (χ0) is 10.7. The molecule has 0 saturated carbocycles. The molecule has 0 aromatic carbocycles. The monoisotopic (exact) mass is 241 g/mol. The predicted octanol–water partition coefficient (Wildman–Crippen LogP) is 1.19. The van der Waals surface area contributed by atoms with Crippen LogP contribution >= 0.6 is 23.1 Å². The molecule has 0 spiro atoms. The van der Waals surface area contributed by atoms with E-state index in [4.69, 9.17) is 5.73 Å². The first kappa shape index (κ1) is 10.4. The van der Waals surface area contributed by atoms with Crippen LogP contribution in [0.3, 0.4) is 0 Å². The summed E-state index contributed by atoms with van der Waals surface area (Å²) >= 11 is 3.10. The molecular weight excluding hydrogens is 230 g/mol. The maximum atomic E-state index is 5.49. The van der Waals surface area contributed by atoms with Crippen molar-refractivity contribution in [2.75, 3.05) is 11.5 Å². The number of nitrogens with zero attached hydrogens (tertiary/aromatic N) is 4. The minimum absolute atomic E-state index is 0.526. The van der Waals surface area contributed by atoms with Gasteiger partial charge in [-0.25, -0.2) is 0 Å². The van der Waals surface area contributed by atoms with Crippen molar-refractivity contribution in [2.24, 2.45) is 7.05 Å². The van der Waals surface area contributed by atoms with E-state index in [9.17, 15) is 0 Å². The zero-order valence-electron chi connectivity index (χ0n) is 8.25. The maximum absolute atomic E-state index is 5.49. The van der Waals surface area contributed by atoms with E-state index in [1.165, 1.54) is 17.0 Å². The lowest BCUT2D eigenvalue weighted by atomic mass is 10.3. The van der Waals surface area contributed by atoms with Crippen molar-refractivity contribution in [3.8, 4) is 0 Å². The average molecular weight is 241 g/mol. The molecule has 0 aliphatic carbocycles. The van der Waals surface area contributed by atoms with Gasteiger partial charge in [0, 0.05) is 24.7 Å². The second-order valence-electron chi connectivity index (χ2n) is 2.95. The van der Waals surface area contributed by atoms with Crippen LogP contribution in [0.4, 0.5) is 5.13 Å². The van der Waals surface area contributed by atoms with Crippen molar-refractivity contribution in [3.63, 3.8) is 0 Å². The number of nitrogen functional groups attached to an aromatic ring is 1. The van der Waals surface area contributed by atoms with Crippen LogP contribution < -0.4 is 5.73 Å². The summed E-state index contributed by atoms with van der Waals surface area (Å²) in [4.78, 5) is 0. The van der Waals surface area contributed by atoms with Gasteiger partial charge < -0.3 is 5.73 Å². The summed E-state index contributed by atoms with van der Waals surface area (Å²) in [5, 5.41) is 12.3. The molecule has 0 aliphatic rings. The van der Waals surface area contributed by atoms with Crippen molar-refractivity contribution >= 4 is 28.2 Å². The topological polar surface area (TPSA) is 69.6 Å². The Morgan fingerprint density at radius 1 is 1.53 bits per heavy atom. The third-order valence-corrected chi connectivity index (χ3v) is 3.82. The van der Waals surface area contributed by atoms with E-state index in [-0.39, 0.29) is 0 Å². The molecule has 0 aliphatic heterocycles. The molecule has 2 heterocycles. The van der Waals surface area contributed by atoms with Gasteiger partial charge in [-0.3, -0.25) is 4.68 Å². The fourth-order valence-electron chi connectivity index (χ4n) is 1.17. The summed E-state index contributed by atoms with van der Waals surface area (Å²) in [5.74, 6) is 0.966. The molecule has 7 heteroatoms. The molecule has 2 rings (SSSR count). The molecule has 2 N–H and O–H groups in total. The largest absolute Gasteiger partial charge is 0.374 e. The van der Waals surface area contributed by atoms with Gasteiger partial charge >= 0.3 is 0 Å². The Labute approximate surface area is 95.7 Å². The lowest BCUT2D eigenvalue weighted by Gasteiger charge is -1.99. The van der Waals surface area contributed by atoms with E-state index in [2.05, 4.69) is 15.3 Å². The highest BCUT2D eigenvalue weighted by atomic mass is 32.2. The lowest BCUT2D eigenvalue weighted by Crippen LogP contribution is -1.99. The number of hydrogen-bond donors (Lipinski definition) is 1. The highest BCUT2D eigenvalue weighted by Gasteiger charge is 2.03. The fourth-order valence-corrected chi connectivity index (χ4v) is 2.84. The van der Waals surface area contributed by atoms with Crippen molar-refractivity contribution in [1.82, 2.24) is 20.0 Å². The molecule has 0 radical (unpaired) electrons. The minimum atomic E-state index is 0.526. The molecule has 15 heavy (non-hydrogen) atoms. The Bertz CT molecular complexity index is 436. The van der Waals surface area contributed by atoms with E-state index in [0.717, 1.165) is 16.5 Å². The molecule has 2 aromatic rings. The van der Waals surface area contributed by atoms with Crippen LogP contribution in [0.25, 0.3) is 0 Å². The van der Waals surface area contributed by atoms with Crippen molar-refractivity contribution in [2.45, 2.75) is 10.8 Å². The van der Waals surface area contributed by atoms with Gasteiger partial charge in [0.1, 0.15) is 0 Å². The molecule has 0 amide bonds. The van der Waals surface area contributed by atoms with E-state index in [0.29, 0.717) is 5.13 Å². The number of rotatable bonds is 4. The first-order valence-electron chi connectivity index (χ1n) is 4.44. The quantitative estimate of drug-likeness (QED) is 0.814. The molecular formula is C8H11N5S2. The SMILES string of the molecule is Cn1nccc1CCSc1nnc(N)s1. The smallest absolute Gasteiger partial charge is 0.203 e. The Morgan fingerprint density at radius 2 is 2.40 bits per heavy atom. The highest BCUT2D eigenvalue weighted by Crippen LogP contribution is 2.23. The van der Waals surface area contributed by atoms with Crippen molar-refractivity contribution in [1.29, 1.82) is 0 Å². The van der Waals surface area contributed by atoms with Crippen LogP contribution in [-0.4, -0.2) is 25.7 Å². The first-order chi connectivity index (χ1) is 7.25. The zero-order valence-corrected chi connectivity index (χ0v) is 9.88. The first-order valence-corrected chi connectivity index (χ1v) is 6.24. The Morgan fingerprint density at radius 3 is 3.00 bits per heavy atom. The van der Waals surface area contributed by atoms with E-state index in [1.54, 1.807) is 11.8 Å². The average Bonchev–Trinajstić information content (AvgIpc) is 2.77. The van der Waals surface area contributed by atoms with Gasteiger partial charge in [0.15, 0.2) is 4.34 Å². The van der Waals surface area contributed by atoms with Crippen molar-refractivity contribution < 1.29 is 0 Å². The predicted molar refractivity (Wildman–Crippen MR) is 62.0 cm³/mol. The Balaban J connectivity index is 1.83. The van der Waals surface area contributed by atoms with Crippen LogP contribution in [0.15, 0.2) is 16.6 Å². The van der Waals surface area contributed by atoms with Crippen LogP contribution in [0.5, 0.6) is 0 Å². The van der Waals surface area contributed by atoms with Crippen LogP contribution in [0.1, 0.15) is 5.69 Å². The van der Waals surface area contributed by atoms with Crippen molar-refractivity contribution in [3.05, 3.63) is 18.0 Å². The number of aryl methyl sites for hydroxylation is 2. The molecule has 0 saturated heterocycles. The molecule has 0 unspecified atom stereocenters. The van der Waals surface area contributed by atoms with E-state index >= 15 is 0 Å². The van der Waals surface area contributed by atoms with Gasteiger partial charge in [0.2, 0.25) is 5.13 Å². The summed E-state index contributed by atoms with van der Waals surface area (Å²) in [6.45, 7) is 0. The van der Waals surface area contributed by atoms with Gasteiger partial charge in [-0.1, -0.05) is 23.1 Å². The number of hydrogen-bond acceptors (Lipinski definition) is 6. The van der Waals surface area contributed by atoms with E-state index < -0.39 is 0 Å². The summed E-state index contributed by atoms with van der Waals surface area (Å²) < 4.78 is 2.81. The van der Waals surface area contributed by atoms with Gasteiger partial charge in [-0.2, -0.15) is 5.10 Å². The normalized spacial score (nSPS) is 10.7. The molecule has 5 nitrogen and oxygen atoms in total. The molecule has 80 valence electrons. The molecule has 0 atom stereocenters. The fraction of sp³-hybridized carbons (Fsp3) is 0.375.